The molecule has 1 aliphatic rings. The Balaban J connectivity index is 2.14. The van der Waals surface area contributed by atoms with Crippen molar-refractivity contribution in [2.45, 2.75) is 18.3 Å². The van der Waals surface area contributed by atoms with Crippen LogP contribution in [0, 0.1) is 0 Å². The van der Waals surface area contributed by atoms with Gasteiger partial charge in [0.15, 0.2) is 0 Å². The van der Waals surface area contributed by atoms with E-state index in [4.69, 9.17) is 0 Å². The Bertz CT molecular complexity index is 506. The Labute approximate surface area is 87.8 Å². The summed E-state index contributed by atoms with van der Waals surface area (Å²) in [5.41, 5.74) is 1.76. The van der Waals surface area contributed by atoms with Crippen LogP contribution in [0.5, 0.6) is 0 Å². The third-order valence-electron chi connectivity index (χ3n) is 3.19. The van der Waals surface area contributed by atoms with Crippen molar-refractivity contribution in [1.82, 2.24) is 10.2 Å². The minimum Gasteiger partial charge on any atom is -0.395 e. The maximum atomic E-state index is 9.31. The summed E-state index contributed by atoms with van der Waals surface area (Å²) in [6.45, 7) is 0.181. The average Bonchev–Trinajstić information content (AvgIpc) is 3.09. The van der Waals surface area contributed by atoms with E-state index in [2.05, 4.69) is 10.2 Å². The second kappa shape index (κ2) is 3.00. The number of aliphatic hydroxyl groups excluding tert-OH is 1. The number of benzene rings is 1. The highest BCUT2D eigenvalue weighted by molar-refractivity contribution is 5.78. The standard InChI is InChI=1S/C12H12N2O/c15-8-12(5-6-12)11-7-9-3-1-2-4-10(9)13-14-11/h1-4,7,15H,5-6,8H2. The lowest BCUT2D eigenvalue weighted by atomic mass is 10.0. The van der Waals surface area contributed by atoms with Gasteiger partial charge in [0.1, 0.15) is 0 Å². The quantitative estimate of drug-likeness (QED) is 0.801. The van der Waals surface area contributed by atoms with Crippen molar-refractivity contribution in [3.05, 3.63) is 36.0 Å². The van der Waals surface area contributed by atoms with Crippen LogP contribution in [-0.4, -0.2) is 21.9 Å². The van der Waals surface area contributed by atoms with Gasteiger partial charge in [-0.1, -0.05) is 18.2 Å². The van der Waals surface area contributed by atoms with E-state index in [0.29, 0.717) is 0 Å². The highest BCUT2D eigenvalue weighted by atomic mass is 16.3. The van der Waals surface area contributed by atoms with Crippen LogP contribution in [0.2, 0.25) is 0 Å². The lowest BCUT2D eigenvalue weighted by Crippen LogP contribution is -2.14. The molecule has 1 fully saturated rings. The van der Waals surface area contributed by atoms with E-state index in [0.717, 1.165) is 29.4 Å². The van der Waals surface area contributed by atoms with Crippen molar-refractivity contribution in [2.24, 2.45) is 0 Å². The van der Waals surface area contributed by atoms with Gasteiger partial charge in [-0.25, -0.2) is 0 Å². The predicted molar refractivity (Wildman–Crippen MR) is 57.5 cm³/mol. The second-order valence-corrected chi connectivity index (χ2v) is 4.23. The smallest absolute Gasteiger partial charge is 0.0929 e. The molecule has 0 amide bonds. The van der Waals surface area contributed by atoms with Crippen molar-refractivity contribution in [1.29, 1.82) is 0 Å². The van der Waals surface area contributed by atoms with E-state index >= 15 is 0 Å². The van der Waals surface area contributed by atoms with Gasteiger partial charge < -0.3 is 5.11 Å². The van der Waals surface area contributed by atoms with Crippen LogP contribution >= 0.6 is 0 Å². The first-order valence-corrected chi connectivity index (χ1v) is 5.18. The summed E-state index contributed by atoms with van der Waals surface area (Å²) < 4.78 is 0. The number of hydrogen-bond acceptors (Lipinski definition) is 3. The summed E-state index contributed by atoms with van der Waals surface area (Å²) in [7, 11) is 0. The third-order valence-corrected chi connectivity index (χ3v) is 3.19. The van der Waals surface area contributed by atoms with Gasteiger partial charge in [0.2, 0.25) is 0 Å². The van der Waals surface area contributed by atoms with E-state index in [9.17, 15) is 5.11 Å². The van der Waals surface area contributed by atoms with E-state index in [1.165, 1.54) is 0 Å². The maximum Gasteiger partial charge on any atom is 0.0929 e. The van der Waals surface area contributed by atoms with E-state index in [1.54, 1.807) is 0 Å². The summed E-state index contributed by atoms with van der Waals surface area (Å²) in [6.07, 6.45) is 2.05. The second-order valence-electron chi connectivity index (χ2n) is 4.23. The molecule has 15 heavy (non-hydrogen) atoms. The first-order chi connectivity index (χ1) is 7.34. The van der Waals surface area contributed by atoms with Gasteiger partial charge >= 0.3 is 0 Å². The van der Waals surface area contributed by atoms with Gasteiger partial charge in [0.05, 0.1) is 17.8 Å². The number of nitrogens with zero attached hydrogens (tertiary/aromatic N) is 2. The van der Waals surface area contributed by atoms with E-state index in [-0.39, 0.29) is 12.0 Å². The average molecular weight is 200 g/mol. The Morgan fingerprint density at radius 3 is 2.73 bits per heavy atom. The molecular weight excluding hydrogens is 188 g/mol. The Morgan fingerprint density at radius 1 is 1.20 bits per heavy atom. The molecule has 3 nitrogen and oxygen atoms in total. The molecule has 3 rings (SSSR count). The molecule has 1 saturated carbocycles. The van der Waals surface area contributed by atoms with Gasteiger partial charge in [-0.05, 0) is 25.0 Å². The highest BCUT2D eigenvalue weighted by Crippen LogP contribution is 2.46. The predicted octanol–water partition coefficient (Wildman–Crippen LogP) is 1.65. The monoisotopic (exact) mass is 200 g/mol. The fourth-order valence-corrected chi connectivity index (χ4v) is 1.89. The molecule has 1 N–H and O–H groups in total. The fraction of sp³-hybridized carbons (Fsp3) is 0.333. The summed E-state index contributed by atoms with van der Waals surface area (Å²) in [6, 6.07) is 9.97. The lowest BCUT2D eigenvalue weighted by Gasteiger charge is -2.10. The molecule has 0 radical (unpaired) electrons. The van der Waals surface area contributed by atoms with Gasteiger partial charge in [0, 0.05) is 10.8 Å². The molecule has 0 aliphatic heterocycles. The molecule has 1 heterocycles. The largest absolute Gasteiger partial charge is 0.395 e. The zero-order valence-corrected chi connectivity index (χ0v) is 8.35. The van der Waals surface area contributed by atoms with Gasteiger partial charge in [0.25, 0.3) is 0 Å². The summed E-state index contributed by atoms with van der Waals surface area (Å²) in [5.74, 6) is 0. The molecule has 0 spiro atoms. The molecule has 3 heteroatoms. The molecular formula is C12H12N2O. The molecule has 1 aliphatic carbocycles. The zero-order valence-electron chi connectivity index (χ0n) is 8.35. The molecule has 1 aromatic heterocycles. The molecule has 2 aromatic rings. The Kier molecular flexibility index (Phi) is 1.76. The van der Waals surface area contributed by atoms with Crippen molar-refractivity contribution in [3.8, 4) is 0 Å². The first kappa shape index (κ1) is 8.80. The van der Waals surface area contributed by atoms with Gasteiger partial charge in [-0.3, -0.25) is 0 Å². The van der Waals surface area contributed by atoms with Gasteiger partial charge in [-0.15, -0.1) is 0 Å². The summed E-state index contributed by atoms with van der Waals surface area (Å²) >= 11 is 0. The maximum absolute atomic E-state index is 9.31. The molecule has 76 valence electrons. The van der Waals surface area contributed by atoms with Crippen molar-refractivity contribution in [2.75, 3.05) is 6.61 Å². The van der Waals surface area contributed by atoms with Crippen LogP contribution in [0.3, 0.4) is 0 Å². The number of aliphatic hydroxyl groups is 1. The number of rotatable bonds is 2. The number of fused-ring (bicyclic) bond motifs is 1. The Hall–Kier alpha value is -1.48. The molecule has 0 bridgehead atoms. The SMILES string of the molecule is OCC1(c2cc3ccccc3nn2)CC1. The van der Waals surface area contributed by atoms with Crippen LogP contribution in [-0.2, 0) is 5.41 Å². The first-order valence-electron chi connectivity index (χ1n) is 5.18. The minimum absolute atomic E-state index is 0.0863. The number of hydrogen-bond donors (Lipinski definition) is 1. The zero-order chi connectivity index (χ0) is 10.3. The van der Waals surface area contributed by atoms with Crippen LogP contribution in [0.15, 0.2) is 30.3 Å². The highest BCUT2D eigenvalue weighted by Gasteiger charge is 2.45. The summed E-state index contributed by atoms with van der Waals surface area (Å²) in [4.78, 5) is 0. The molecule has 0 saturated heterocycles. The van der Waals surface area contributed by atoms with Gasteiger partial charge in [-0.2, -0.15) is 10.2 Å². The number of aromatic nitrogens is 2. The molecule has 0 atom stereocenters. The van der Waals surface area contributed by atoms with Crippen molar-refractivity contribution in [3.63, 3.8) is 0 Å². The topological polar surface area (TPSA) is 46.0 Å². The van der Waals surface area contributed by atoms with Crippen LogP contribution in [0.4, 0.5) is 0 Å². The summed E-state index contributed by atoms with van der Waals surface area (Å²) in [5, 5.41) is 18.8. The Morgan fingerprint density at radius 2 is 2.00 bits per heavy atom. The lowest BCUT2D eigenvalue weighted by molar-refractivity contribution is 0.252. The van der Waals surface area contributed by atoms with Crippen molar-refractivity contribution >= 4 is 10.9 Å². The minimum atomic E-state index is -0.0863. The normalized spacial score (nSPS) is 17.9. The van der Waals surface area contributed by atoms with Crippen LogP contribution < -0.4 is 0 Å². The van der Waals surface area contributed by atoms with E-state index in [1.807, 2.05) is 30.3 Å². The third kappa shape index (κ3) is 1.31. The van der Waals surface area contributed by atoms with Crippen molar-refractivity contribution < 1.29 is 5.11 Å². The van der Waals surface area contributed by atoms with Crippen LogP contribution in [0.1, 0.15) is 18.5 Å². The molecule has 1 aromatic carbocycles. The molecule has 0 unspecified atom stereocenters. The van der Waals surface area contributed by atoms with Crippen LogP contribution in [0.25, 0.3) is 10.9 Å². The fourth-order valence-electron chi connectivity index (χ4n) is 1.89. The van der Waals surface area contributed by atoms with E-state index < -0.39 is 0 Å².